The fourth-order valence-corrected chi connectivity index (χ4v) is 2.29. The Kier molecular flexibility index (Phi) is 5.95. The highest BCUT2D eigenvalue weighted by molar-refractivity contribution is 9.10. The zero-order chi connectivity index (χ0) is 13.7. The summed E-state index contributed by atoms with van der Waals surface area (Å²) in [5.74, 6) is -0.253. The molecule has 6 heteroatoms. The quantitative estimate of drug-likeness (QED) is 0.898. The van der Waals surface area contributed by atoms with Crippen LogP contribution in [0.25, 0.3) is 0 Å². The molecule has 18 heavy (non-hydrogen) atoms. The lowest BCUT2D eigenvalue weighted by Crippen LogP contribution is -2.33. The number of hydrogen-bond acceptors (Lipinski definition) is 2. The first-order valence-electron chi connectivity index (χ1n) is 5.46. The zero-order valence-electron chi connectivity index (χ0n) is 10.2. The molecule has 0 aromatic heterocycles. The van der Waals surface area contributed by atoms with Gasteiger partial charge in [0.15, 0.2) is 0 Å². The van der Waals surface area contributed by atoms with Gasteiger partial charge >= 0.3 is 0 Å². The highest BCUT2D eigenvalue weighted by Crippen LogP contribution is 2.16. The number of nitrogens with one attached hydrogen (secondary N) is 1. The van der Waals surface area contributed by atoms with E-state index in [4.69, 9.17) is 0 Å². The molecule has 2 atom stereocenters. The van der Waals surface area contributed by atoms with Crippen LogP contribution < -0.4 is 5.32 Å². The summed E-state index contributed by atoms with van der Waals surface area (Å²) in [4.78, 5) is 11.8. The van der Waals surface area contributed by atoms with E-state index in [0.717, 1.165) is 0 Å². The maximum atomic E-state index is 13.3. The molecule has 1 N–H and O–H groups in total. The highest BCUT2D eigenvalue weighted by Gasteiger charge is 2.11. The molecule has 1 aromatic carbocycles. The van der Waals surface area contributed by atoms with Crippen molar-refractivity contribution < 1.29 is 13.4 Å². The van der Waals surface area contributed by atoms with Crippen LogP contribution in [0.15, 0.2) is 22.7 Å². The molecule has 0 aliphatic heterocycles. The molecule has 2 unspecified atom stereocenters. The fourth-order valence-electron chi connectivity index (χ4n) is 1.36. The summed E-state index contributed by atoms with van der Waals surface area (Å²) in [6.07, 6.45) is 2.26. The summed E-state index contributed by atoms with van der Waals surface area (Å²) < 4.78 is 24.5. The lowest BCUT2D eigenvalue weighted by molar-refractivity contribution is 0.0939. The third-order valence-electron chi connectivity index (χ3n) is 2.40. The largest absolute Gasteiger partial charge is 0.350 e. The van der Waals surface area contributed by atoms with Gasteiger partial charge in [0.05, 0.1) is 4.47 Å². The van der Waals surface area contributed by atoms with Crippen LogP contribution in [0, 0.1) is 5.82 Å². The third kappa shape index (κ3) is 4.86. The van der Waals surface area contributed by atoms with Gasteiger partial charge in [-0.25, -0.2) is 4.39 Å². The summed E-state index contributed by atoms with van der Waals surface area (Å²) in [6, 6.07) is 4.14. The van der Waals surface area contributed by atoms with Gasteiger partial charge in [0.1, 0.15) is 5.82 Å². The second-order valence-electron chi connectivity index (χ2n) is 4.07. The molecule has 3 nitrogen and oxygen atoms in total. The predicted octanol–water partition coefficient (Wildman–Crippen LogP) is 2.48. The zero-order valence-corrected chi connectivity index (χ0v) is 12.6. The van der Waals surface area contributed by atoms with Crippen LogP contribution in [0.3, 0.4) is 0 Å². The van der Waals surface area contributed by atoms with E-state index in [9.17, 15) is 13.4 Å². The molecule has 0 bridgehead atoms. The molecule has 0 radical (unpaired) electrons. The van der Waals surface area contributed by atoms with Gasteiger partial charge in [-0.3, -0.25) is 9.00 Å². The van der Waals surface area contributed by atoms with Gasteiger partial charge in [0, 0.05) is 34.4 Å². The normalized spacial score (nSPS) is 14.0. The van der Waals surface area contributed by atoms with Crippen molar-refractivity contribution in [3.63, 3.8) is 0 Å². The van der Waals surface area contributed by atoms with Crippen molar-refractivity contribution in [2.24, 2.45) is 0 Å². The second-order valence-corrected chi connectivity index (χ2v) is 6.48. The van der Waals surface area contributed by atoms with Crippen molar-refractivity contribution in [1.29, 1.82) is 0 Å². The standard InChI is InChI=1S/C12H15BrFNO2S/c1-8(5-6-18(2)17)15-12(16)9-3-4-10(13)11(14)7-9/h3-4,7-8H,5-6H2,1-2H3,(H,15,16). The fraction of sp³-hybridized carbons (Fsp3) is 0.417. The minimum atomic E-state index is -0.870. The predicted molar refractivity (Wildman–Crippen MR) is 74.6 cm³/mol. The van der Waals surface area contributed by atoms with Crippen molar-refractivity contribution in [3.8, 4) is 0 Å². The number of amides is 1. The Morgan fingerprint density at radius 1 is 1.56 bits per heavy atom. The summed E-state index contributed by atoms with van der Waals surface area (Å²) in [6.45, 7) is 1.83. The lowest BCUT2D eigenvalue weighted by Gasteiger charge is -2.13. The molecule has 1 amide bonds. The van der Waals surface area contributed by atoms with E-state index < -0.39 is 16.6 Å². The molecule has 100 valence electrons. The first kappa shape index (κ1) is 15.3. The molecule has 0 saturated heterocycles. The molecule has 1 rings (SSSR count). The van der Waals surface area contributed by atoms with Gasteiger partial charge in [0.25, 0.3) is 5.91 Å². The van der Waals surface area contributed by atoms with Crippen molar-refractivity contribution >= 4 is 32.6 Å². The molecule has 0 spiro atoms. The van der Waals surface area contributed by atoms with Gasteiger partial charge in [-0.05, 0) is 47.5 Å². The molecular formula is C12H15BrFNO2S. The van der Waals surface area contributed by atoms with Crippen LogP contribution in [0.2, 0.25) is 0 Å². The first-order valence-corrected chi connectivity index (χ1v) is 7.98. The SMILES string of the molecule is CC(CCS(C)=O)NC(=O)c1ccc(Br)c(F)c1. The minimum absolute atomic E-state index is 0.0897. The van der Waals surface area contributed by atoms with Gasteiger partial charge in [-0.1, -0.05) is 0 Å². The minimum Gasteiger partial charge on any atom is -0.350 e. The second kappa shape index (κ2) is 6.99. The molecule has 0 saturated carbocycles. The van der Waals surface area contributed by atoms with Gasteiger partial charge in [0.2, 0.25) is 0 Å². The Balaban J connectivity index is 2.59. The number of hydrogen-bond donors (Lipinski definition) is 1. The average molecular weight is 336 g/mol. The third-order valence-corrected chi connectivity index (χ3v) is 3.85. The van der Waals surface area contributed by atoms with Gasteiger partial charge < -0.3 is 5.32 Å². The number of rotatable bonds is 5. The molecule has 0 heterocycles. The first-order chi connectivity index (χ1) is 8.40. The van der Waals surface area contributed by atoms with Crippen LogP contribution in [0.5, 0.6) is 0 Å². The summed E-state index contributed by atoms with van der Waals surface area (Å²) in [7, 11) is -0.870. The maximum Gasteiger partial charge on any atom is 0.251 e. The molecule has 0 aliphatic carbocycles. The van der Waals surface area contributed by atoms with E-state index in [-0.39, 0.29) is 17.5 Å². The van der Waals surface area contributed by atoms with Crippen molar-refractivity contribution in [2.45, 2.75) is 19.4 Å². The maximum absolute atomic E-state index is 13.3. The van der Waals surface area contributed by atoms with Crippen LogP contribution in [0.1, 0.15) is 23.7 Å². The topological polar surface area (TPSA) is 46.2 Å². The van der Waals surface area contributed by atoms with E-state index in [1.807, 2.05) is 6.92 Å². The molecule has 0 fully saturated rings. The Morgan fingerprint density at radius 2 is 2.22 bits per heavy atom. The molecule has 0 aliphatic rings. The molecule has 1 aromatic rings. The van der Waals surface area contributed by atoms with Gasteiger partial charge in [-0.2, -0.15) is 0 Å². The van der Waals surface area contributed by atoms with E-state index in [0.29, 0.717) is 16.6 Å². The Bertz CT molecular complexity index is 467. The van der Waals surface area contributed by atoms with E-state index >= 15 is 0 Å². The van der Waals surface area contributed by atoms with Crippen LogP contribution in [-0.4, -0.2) is 28.2 Å². The van der Waals surface area contributed by atoms with Crippen molar-refractivity contribution in [1.82, 2.24) is 5.32 Å². The number of halogens is 2. The summed E-state index contributed by atoms with van der Waals surface area (Å²) >= 11 is 3.03. The summed E-state index contributed by atoms with van der Waals surface area (Å²) in [5, 5.41) is 2.74. The summed E-state index contributed by atoms with van der Waals surface area (Å²) in [5.41, 5.74) is 0.278. The van der Waals surface area contributed by atoms with Gasteiger partial charge in [-0.15, -0.1) is 0 Å². The highest BCUT2D eigenvalue weighted by atomic mass is 79.9. The van der Waals surface area contributed by atoms with E-state index in [1.165, 1.54) is 12.1 Å². The van der Waals surface area contributed by atoms with Crippen LogP contribution >= 0.6 is 15.9 Å². The van der Waals surface area contributed by atoms with E-state index in [1.54, 1.807) is 12.3 Å². The molecular weight excluding hydrogens is 321 g/mol. The number of carbonyl (C=O) groups is 1. The lowest BCUT2D eigenvalue weighted by atomic mass is 10.2. The van der Waals surface area contributed by atoms with Crippen molar-refractivity contribution in [2.75, 3.05) is 12.0 Å². The Hall–Kier alpha value is -0.750. The average Bonchev–Trinajstić information content (AvgIpc) is 2.30. The number of benzene rings is 1. The van der Waals surface area contributed by atoms with E-state index in [2.05, 4.69) is 21.2 Å². The number of carbonyl (C=O) groups excluding carboxylic acids is 1. The van der Waals surface area contributed by atoms with Crippen LogP contribution in [-0.2, 0) is 10.8 Å². The van der Waals surface area contributed by atoms with Crippen molar-refractivity contribution in [3.05, 3.63) is 34.1 Å². The Morgan fingerprint density at radius 3 is 2.78 bits per heavy atom. The smallest absolute Gasteiger partial charge is 0.251 e. The van der Waals surface area contributed by atoms with Crippen LogP contribution in [0.4, 0.5) is 4.39 Å². The monoisotopic (exact) mass is 335 g/mol. The Labute approximate surface area is 117 Å².